The molecule has 0 amide bonds. The van der Waals surface area contributed by atoms with Gasteiger partial charge in [-0.25, -0.2) is 0 Å². The fourth-order valence-corrected chi connectivity index (χ4v) is 2.31. The summed E-state index contributed by atoms with van der Waals surface area (Å²) >= 11 is 0. The highest BCUT2D eigenvalue weighted by atomic mass is 16.4. The maximum absolute atomic E-state index is 10.8. The number of carboxylic acids is 1. The highest BCUT2D eigenvalue weighted by Crippen LogP contribution is 2.28. The van der Waals surface area contributed by atoms with Crippen LogP contribution in [0.1, 0.15) is 46.0 Å². The Kier molecular flexibility index (Phi) is 5.81. The van der Waals surface area contributed by atoms with Gasteiger partial charge in [0.15, 0.2) is 0 Å². The molecule has 1 aliphatic rings. The highest BCUT2D eigenvalue weighted by Gasteiger charge is 2.25. The number of rotatable bonds is 6. The van der Waals surface area contributed by atoms with Crippen molar-refractivity contribution in [3.05, 3.63) is 0 Å². The van der Waals surface area contributed by atoms with E-state index < -0.39 is 5.97 Å². The first-order valence-electron chi connectivity index (χ1n) is 6.53. The standard InChI is InChI=1S/C13H25NO2/c1-10(2)7-8-14-9-11-3-5-12(6-4-11)13(15)16/h10-12,14H,3-9H2,1-2H3,(H,15,16). The van der Waals surface area contributed by atoms with Crippen LogP contribution in [0.4, 0.5) is 0 Å². The minimum absolute atomic E-state index is 0.0769. The van der Waals surface area contributed by atoms with E-state index in [1.807, 2.05) is 0 Å². The predicted octanol–water partition coefficient (Wildman–Crippen LogP) is 2.51. The van der Waals surface area contributed by atoms with Gasteiger partial charge in [0.2, 0.25) is 0 Å². The summed E-state index contributed by atoms with van der Waals surface area (Å²) in [6.45, 7) is 6.63. The highest BCUT2D eigenvalue weighted by molar-refractivity contribution is 5.69. The second-order valence-electron chi connectivity index (χ2n) is 5.44. The predicted molar refractivity (Wildman–Crippen MR) is 65.4 cm³/mol. The van der Waals surface area contributed by atoms with Crippen LogP contribution in [0.15, 0.2) is 0 Å². The van der Waals surface area contributed by atoms with E-state index in [0.29, 0.717) is 5.92 Å². The van der Waals surface area contributed by atoms with Gasteiger partial charge in [-0.15, -0.1) is 0 Å². The Hall–Kier alpha value is -0.570. The van der Waals surface area contributed by atoms with Crippen molar-refractivity contribution in [3.63, 3.8) is 0 Å². The van der Waals surface area contributed by atoms with Gasteiger partial charge < -0.3 is 10.4 Å². The normalized spacial score (nSPS) is 25.9. The van der Waals surface area contributed by atoms with Crippen molar-refractivity contribution < 1.29 is 9.90 Å². The van der Waals surface area contributed by atoms with Crippen LogP contribution in [0.5, 0.6) is 0 Å². The van der Waals surface area contributed by atoms with Gasteiger partial charge in [0, 0.05) is 0 Å². The number of carbonyl (C=O) groups is 1. The Bertz CT molecular complexity index is 208. The average Bonchev–Trinajstić information content (AvgIpc) is 2.25. The van der Waals surface area contributed by atoms with Crippen LogP contribution in [0.3, 0.4) is 0 Å². The molecule has 0 heterocycles. The summed E-state index contributed by atoms with van der Waals surface area (Å²) in [6, 6.07) is 0. The van der Waals surface area contributed by atoms with E-state index >= 15 is 0 Å². The van der Waals surface area contributed by atoms with Crippen LogP contribution in [-0.2, 0) is 4.79 Å². The van der Waals surface area contributed by atoms with Gasteiger partial charge >= 0.3 is 5.97 Å². The monoisotopic (exact) mass is 227 g/mol. The minimum atomic E-state index is -0.605. The van der Waals surface area contributed by atoms with Crippen LogP contribution in [0.2, 0.25) is 0 Å². The fraction of sp³-hybridized carbons (Fsp3) is 0.923. The Morgan fingerprint density at radius 2 is 1.94 bits per heavy atom. The van der Waals surface area contributed by atoms with E-state index in [1.54, 1.807) is 0 Å². The van der Waals surface area contributed by atoms with Crippen LogP contribution in [-0.4, -0.2) is 24.2 Å². The van der Waals surface area contributed by atoms with Crippen LogP contribution in [0, 0.1) is 17.8 Å². The van der Waals surface area contributed by atoms with Gasteiger partial charge in [0.25, 0.3) is 0 Å². The molecule has 0 aromatic carbocycles. The third kappa shape index (κ3) is 4.97. The number of aliphatic carboxylic acids is 1. The smallest absolute Gasteiger partial charge is 0.306 e. The van der Waals surface area contributed by atoms with Gasteiger partial charge in [-0.2, -0.15) is 0 Å². The molecule has 16 heavy (non-hydrogen) atoms. The van der Waals surface area contributed by atoms with Crippen molar-refractivity contribution >= 4 is 5.97 Å². The maximum atomic E-state index is 10.8. The lowest BCUT2D eigenvalue weighted by Crippen LogP contribution is -2.29. The van der Waals surface area contributed by atoms with Crippen molar-refractivity contribution in [2.75, 3.05) is 13.1 Å². The third-order valence-electron chi connectivity index (χ3n) is 3.53. The van der Waals surface area contributed by atoms with Gasteiger partial charge in [0.1, 0.15) is 0 Å². The second-order valence-corrected chi connectivity index (χ2v) is 5.44. The first-order valence-corrected chi connectivity index (χ1v) is 6.53. The van der Waals surface area contributed by atoms with Crippen LogP contribution < -0.4 is 5.32 Å². The van der Waals surface area contributed by atoms with Gasteiger partial charge in [-0.3, -0.25) is 4.79 Å². The molecule has 3 nitrogen and oxygen atoms in total. The molecule has 1 rings (SSSR count). The van der Waals surface area contributed by atoms with E-state index in [9.17, 15) is 4.79 Å². The number of hydrogen-bond acceptors (Lipinski definition) is 2. The van der Waals surface area contributed by atoms with E-state index in [1.165, 1.54) is 6.42 Å². The molecule has 1 saturated carbocycles. The molecular weight excluding hydrogens is 202 g/mol. The lowest BCUT2D eigenvalue weighted by molar-refractivity contribution is -0.143. The molecule has 0 bridgehead atoms. The number of nitrogens with one attached hydrogen (secondary N) is 1. The Balaban J connectivity index is 2.06. The van der Waals surface area contributed by atoms with Crippen molar-refractivity contribution in [2.24, 2.45) is 17.8 Å². The molecule has 0 spiro atoms. The molecule has 0 aromatic heterocycles. The first kappa shape index (κ1) is 13.5. The summed E-state index contributed by atoms with van der Waals surface area (Å²) in [7, 11) is 0. The van der Waals surface area contributed by atoms with E-state index in [-0.39, 0.29) is 5.92 Å². The lowest BCUT2D eigenvalue weighted by atomic mass is 9.82. The molecule has 0 aromatic rings. The quantitative estimate of drug-likeness (QED) is 0.685. The molecule has 1 fully saturated rings. The SMILES string of the molecule is CC(C)CCNCC1CCC(C(=O)O)CC1. The van der Waals surface area contributed by atoms with Crippen molar-refractivity contribution in [1.29, 1.82) is 0 Å². The largest absolute Gasteiger partial charge is 0.481 e. The van der Waals surface area contributed by atoms with Gasteiger partial charge in [0.05, 0.1) is 5.92 Å². The third-order valence-corrected chi connectivity index (χ3v) is 3.53. The minimum Gasteiger partial charge on any atom is -0.481 e. The topological polar surface area (TPSA) is 49.3 Å². The molecule has 2 N–H and O–H groups in total. The summed E-state index contributed by atoms with van der Waals surface area (Å²) in [4.78, 5) is 10.8. The zero-order valence-corrected chi connectivity index (χ0v) is 10.5. The molecule has 1 aliphatic carbocycles. The number of carboxylic acid groups (broad SMARTS) is 1. The Labute approximate surface area is 98.6 Å². The van der Waals surface area contributed by atoms with E-state index in [0.717, 1.165) is 44.7 Å². The summed E-state index contributed by atoms with van der Waals surface area (Å²) in [5.74, 6) is 0.774. The molecule has 0 atom stereocenters. The second kappa shape index (κ2) is 6.89. The molecule has 0 radical (unpaired) electrons. The molecule has 0 aliphatic heterocycles. The van der Waals surface area contributed by atoms with Crippen molar-refractivity contribution in [3.8, 4) is 0 Å². The van der Waals surface area contributed by atoms with Crippen molar-refractivity contribution in [1.82, 2.24) is 5.32 Å². The van der Waals surface area contributed by atoms with E-state index in [2.05, 4.69) is 19.2 Å². The Morgan fingerprint density at radius 1 is 1.31 bits per heavy atom. The molecule has 0 saturated heterocycles. The Morgan fingerprint density at radius 3 is 2.44 bits per heavy atom. The molecular formula is C13H25NO2. The first-order chi connectivity index (χ1) is 7.59. The molecule has 3 heteroatoms. The van der Waals surface area contributed by atoms with Crippen LogP contribution >= 0.6 is 0 Å². The summed E-state index contributed by atoms with van der Waals surface area (Å²) in [6.07, 6.45) is 5.11. The maximum Gasteiger partial charge on any atom is 0.306 e. The number of hydrogen-bond donors (Lipinski definition) is 2. The van der Waals surface area contributed by atoms with Crippen molar-refractivity contribution in [2.45, 2.75) is 46.0 Å². The lowest BCUT2D eigenvalue weighted by Gasteiger charge is -2.26. The van der Waals surface area contributed by atoms with Gasteiger partial charge in [-0.1, -0.05) is 13.8 Å². The zero-order chi connectivity index (χ0) is 12.0. The average molecular weight is 227 g/mol. The fourth-order valence-electron chi connectivity index (χ4n) is 2.31. The molecule has 0 unspecified atom stereocenters. The zero-order valence-electron chi connectivity index (χ0n) is 10.5. The van der Waals surface area contributed by atoms with Gasteiger partial charge in [-0.05, 0) is 57.0 Å². The van der Waals surface area contributed by atoms with E-state index in [4.69, 9.17) is 5.11 Å². The summed E-state index contributed by atoms with van der Waals surface area (Å²) < 4.78 is 0. The summed E-state index contributed by atoms with van der Waals surface area (Å²) in [5.41, 5.74) is 0. The summed E-state index contributed by atoms with van der Waals surface area (Å²) in [5, 5.41) is 12.4. The molecule has 94 valence electrons. The van der Waals surface area contributed by atoms with Crippen LogP contribution in [0.25, 0.3) is 0 Å².